The lowest BCUT2D eigenvalue weighted by molar-refractivity contribution is -0.925. The van der Waals surface area contributed by atoms with E-state index in [2.05, 4.69) is 18.0 Å². The highest BCUT2D eigenvalue weighted by Crippen LogP contribution is 2.14. The molecular formula is C43H95Cl2N3O10S. The Bertz CT molecular complexity index is 956. The smallest absolute Gasteiger partial charge is 0.217 e. The lowest BCUT2D eigenvalue weighted by atomic mass is 10.1. The van der Waals surface area contributed by atoms with Crippen molar-refractivity contribution in [1.82, 2.24) is 0 Å². The zero-order valence-electron chi connectivity index (χ0n) is 39.3. The molecule has 16 heteroatoms. The van der Waals surface area contributed by atoms with Gasteiger partial charge < -0.3 is 72.7 Å². The van der Waals surface area contributed by atoms with E-state index in [9.17, 15) is 33.4 Å². The molecule has 362 valence electrons. The summed E-state index contributed by atoms with van der Waals surface area (Å²) in [6.07, 6.45) is 23.6. The third kappa shape index (κ3) is 49.0. The first-order chi connectivity index (χ1) is 26.7. The average Bonchev–Trinajstić information content (AvgIpc) is 3.07. The maximum atomic E-state index is 11.0. The van der Waals surface area contributed by atoms with Crippen molar-refractivity contribution < 1.29 is 85.3 Å². The highest BCUT2D eigenvalue weighted by Gasteiger charge is 2.33. The van der Waals surface area contributed by atoms with Crippen LogP contribution in [-0.2, 0) is 24.1 Å². The van der Waals surface area contributed by atoms with E-state index in [1.165, 1.54) is 116 Å². The lowest BCUT2D eigenvalue weighted by Crippen LogP contribution is -3.00. The van der Waals surface area contributed by atoms with Crippen LogP contribution < -0.4 is 24.8 Å². The van der Waals surface area contributed by atoms with Crippen LogP contribution in [0.2, 0.25) is 0 Å². The lowest BCUT2D eigenvalue weighted by Gasteiger charge is -2.39. The summed E-state index contributed by atoms with van der Waals surface area (Å²) < 4.78 is 44.1. The predicted molar refractivity (Wildman–Crippen MR) is 232 cm³/mol. The third-order valence-electron chi connectivity index (χ3n) is 10.3. The molecule has 0 aliphatic heterocycles. The summed E-state index contributed by atoms with van der Waals surface area (Å²) in [5.74, 6) is 0. The van der Waals surface area contributed by atoms with Gasteiger partial charge in [-0.15, -0.1) is 0 Å². The minimum absolute atomic E-state index is 0. The van der Waals surface area contributed by atoms with Crippen molar-refractivity contribution in [3.63, 3.8) is 0 Å². The molecule has 0 radical (unpaired) electrons. The molecule has 0 aromatic rings. The van der Waals surface area contributed by atoms with E-state index in [0.29, 0.717) is 79.1 Å². The van der Waals surface area contributed by atoms with Gasteiger partial charge in [0.05, 0.1) is 62.6 Å². The van der Waals surface area contributed by atoms with Gasteiger partial charge in [-0.25, -0.2) is 8.42 Å². The zero-order chi connectivity index (χ0) is 43.6. The van der Waals surface area contributed by atoms with Gasteiger partial charge in [0.1, 0.15) is 51.5 Å². The van der Waals surface area contributed by atoms with Crippen molar-refractivity contribution in [2.75, 3.05) is 115 Å². The normalized spacial score (nSPS) is 14.4. The van der Waals surface area contributed by atoms with Gasteiger partial charge in [0, 0.05) is 13.2 Å². The monoisotopic (exact) mass is 916 g/mol. The molecule has 0 bridgehead atoms. The van der Waals surface area contributed by atoms with Gasteiger partial charge in [0.2, 0.25) is 10.4 Å². The van der Waals surface area contributed by atoms with Gasteiger partial charge in [-0.2, -0.15) is 0 Å². The van der Waals surface area contributed by atoms with E-state index in [0.717, 1.165) is 20.0 Å². The second kappa shape index (κ2) is 39.7. The summed E-state index contributed by atoms with van der Waals surface area (Å²) in [5.41, 5.74) is 0. The standard InChI is InChI=1S/C42H92N3O6.CH4O4S.2ClH/c1-9-11-13-15-17-19-21-23-25-27-29-50-37-41(48)35-44(5,6)33-39(46)31-43(3,4)32-40(47)34-45(7,8)36-42(49)38-51-30-28-26-24-22-20-18-16-14-12-10-2;1-5-6(2,3)4;;/h39-42,46-49H,9-38H2,1-8H3;1H3,(H,2,3,4);2*1H/q+3;;;/p-3. The third-order valence-corrected chi connectivity index (χ3v) is 10.7. The minimum Gasteiger partial charge on any atom is -1.00 e. The Labute approximate surface area is 376 Å². The van der Waals surface area contributed by atoms with E-state index in [1.54, 1.807) is 0 Å². The number of quaternary nitrogens is 3. The largest absolute Gasteiger partial charge is 1.00 e. The van der Waals surface area contributed by atoms with Crippen LogP contribution in [-0.4, -0.2) is 186 Å². The number of ether oxygens (including phenoxy) is 2. The Morgan fingerprint density at radius 3 is 0.864 bits per heavy atom. The first-order valence-corrected chi connectivity index (χ1v) is 23.9. The van der Waals surface area contributed by atoms with Crippen molar-refractivity contribution in [2.45, 2.75) is 167 Å². The molecule has 0 aromatic heterocycles. The van der Waals surface area contributed by atoms with E-state index in [1.807, 2.05) is 42.3 Å². The van der Waals surface area contributed by atoms with Crippen LogP contribution in [0.15, 0.2) is 0 Å². The molecule has 0 rings (SSSR count). The second-order valence-electron chi connectivity index (χ2n) is 18.6. The molecule has 0 aliphatic carbocycles. The number of unbranched alkanes of at least 4 members (excludes halogenated alkanes) is 18. The van der Waals surface area contributed by atoms with Gasteiger partial charge in [0.25, 0.3) is 0 Å². The molecule has 4 unspecified atom stereocenters. The van der Waals surface area contributed by atoms with Crippen LogP contribution in [0.1, 0.15) is 142 Å². The van der Waals surface area contributed by atoms with Crippen molar-refractivity contribution >= 4 is 10.4 Å². The van der Waals surface area contributed by atoms with Gasteiger partial charge >= 0.3 is 0 Å². The number of halogens is 2. The maximum absolute atomic E-state index is 11.0. The summed E-state index contributed by atoms with van der Waals surface area (Å²) in [7, 11) is 8.63. The number of aliphatic hydroxyl groups excluding tert-OH is 4. The molecule has 59 heavy (non-hydrogen) atoms. The predicted octanol–water partition coefficient (Wildman–Crippen LogP) is -0.365. The van der Waals surface area contributed by atoms with Crippen LogP contribution in [0.5, 0.6) is 0 Å². The fraction of sp³-hybridized carbons (Fsp3) is 1.00. The first-order valence-electron chi connectivity index (χ1n) is 22.5. The number of hydrogen-bond donors (Lipinski definition) is 4. The Morgan fingerprint density at radius 1 is 0.441 bits per heavy atom. The molecule has 0 saturated heterocycles. The molecule has 4 N–H and O–H groups in total. The summed E-state index contributed by atoms with van der Waals surface area (Å²) in [5, 5.41) is 43.3. The first kappa shape index (κ1) is 65.7. The Morgan fingerprint density at radius 2 is 0.644 bits per heavy atom. The average molecular weight is 917 g/mol. The van der Waals surface area contributed by atoms with Crippen molar-refractivity contribution in [3.05, 3.63) is 0 Å². The highest BCUT2D eigenvalue weighted by atomic mass is 35.5. The van der Waals surface area contributed by atoms with Crippen LogP contribution in [0.25, 0.3) is 0 Å². The van der Waals surface area contributed by atoms with E-state index in [-0.39, 0.29) is 24.8 Å². The molecule has 0 heterocycles. The fourth-order valence-electron chi connectivity index (χ4n) is 7.69. The Balaban J connectivity index is -0.00000174. The van der Waals surface area contributed by atoms with Gasteiger partial charge in [-0.05, 0) is 12.8 Å². The van der Waals surface area contributed by atoms with E-state index < -0.39 is 34.8 Å². The number of hydrogen-bond acceptors (Lipinski definition) is 10. The topological polar surface area (TPSA) is 166 Å². The van der Waals surface area contributed by atoms with Crippen LogP contribution in [0, 0.1) is 0 Å². The van der Waals surface area contributed by atoms with Crippen LogP contribution >= 0.6 is 0 Å². The molecular weight excluding hydrogens is 821 g/mol. The molecule has 0 spiro atoms. The highest BCUT2D eigenvalue weighted by molar-refractivity contribution is 7.80. The van der Waals surface area contributed by atoms with Crippen molar-refractivity contribution in [1.29, 1.82) is 0 Å². The summed E-state index contributed by atoms with van der Waals surface area (Å²) in [6.45, 7) is 9.64. The minimum atomic E-state index is -4.41. The molecule has 0 aliphatic rings. The number of rotatable bonds is 39. The zero-order valence-corrected chi connectivity index (χ0v) is 41.6. The van der Waals surface area contributed by atoms with E-state index in [4.69, 9.17) is 9.47 Å². The van der Waals surface area contributed by atoms with Gasteiger partial charge in [0.15, 0.2) is 12.2 Å². The summed E-state index contributed by atoms with van der Waals surface area (Å²) in [4.78, 5) is 0. The van der Waals surface area contributed by atoms with Crippen LogP contribution in [0.3, 0.4) is 0 Å². The van der Waals surface area contributed by atoms with Gasteiger partial charge in [-0.1, -0.05) is 129 Å². The maximum Gasteiger partial charge on any atom is 0.217 e. The van der Waals surface area contributed by atoms with E-state index >= 15 is 0 Å². The molecule has 0 saturated carbocycles. The SMILES string of the molecule is CCCCCCCCCCCCOCC(O)C[N+](C)(C)CC(O)C[N+](C)(C)CC(O)C[N+](C)(C)CC(O)COCCCCCCCCCCCC.COS(=O)(=O)[O-].[Cl-].[Cl-]. The molecule has 13 nitrogen and oxygen atoms in total. The number of nitrogens with zero attached hydrogens (tertiary/aromatic N) is 3. The number of likely N-dealkylation sites (N-methyl/N-ethyl adjacent to an activating group) is 3. The molecule has 0 fully saturated rings. The summed E-state index contributed by atoms with van der Waals surface area (Å²) >= 11 is 0. The van der Waals surface area contributed by atoms with Crippen molar-refractivity contribution in [2.24, 2.45) is 0 Å². The molecule has 0 amide bonds. The second-order valence-corrected chi connectivity index (χ2v) is 19.8. The van der Waals surface area contributed by atoms with Gasteiger partial charge in [-0.3, -0.25) is 4.18 Å². The Hall–Kier alpha value is 0.0900. The van der Waals surface area contributed by atoms with Crippen LogP contribution in [0.4, 0.5) is 0 Å². The van der Waals surface area contributed by atoms with Crippen molar-refractivity contribution in [3.8, 4) is 0 Å². The quantitative estimate of drug-likeness (QED) is 0.0277. The Kier molecular flexibility index (Phi) is 44.2. The molecule has 4 atom stereocenters. The molecule has 0 aromatic carbocycles. The number of aliphatic hydroxyl groups is 4. The fourth-order valence-corrected chi connectivity index (χ4v) is 7.69. The summed E-state index contributed by atoms with van der Waals surface area (Å²) in [6, 6.07) is 0.